The van der Waals surface area contributed by atoms with Crippen LogP contribution in [0.15, 0.2) is 24.3 Å². The highest BCUT2D eigenvalue weighted by atomic mass is 16.5. The number of ketones is 1. The maximum absolute atomic E-state index is 12.7. The van der Waals surface area contributed by atoms with Gasteiger partial charge in [0.25, 0.3) is 0 Å². The van der Waals surface area contributed by atoms with Crippen LogP contribution in [0.3, 0.4) is 0 Å². The number of benzene rings is 1. The van der Waals surface area contributed by atoms with Gasteiger partial charge in [0.2, 0.25) is 0 Å². The maximum Gasteiger partial charge on any atom is 0.168 e. The molecule has 104 valence electrons. The molecule has 0 spiro atoms. The van der Waals surface area contributed by atoms with Crippen molar-refractivity contribution >= 4 is 5.78 Å². The van der Waals surface area contributed by atoms with Crippen LogP contribution in [0, 0.1) is 12.8 Å². The summed E-state index contributed by atoms with van der Waals surface area (Å²) >= 11 is 0. The fourth-order valence-electron chi connectivity index (χ4n) is 3.20. The van der Waals surface area contributed by atoms with Crippen molar-refractivity contribution in [2.75, 3.05) is 7.11 Å². The van der Waals surface area contributed by atoms with Gasteiger partial charge in [-0.25, -0.2) is 0 Å². The van der Waals surface area contributed by atoms with Crippen LogP contribution in [-0.2, 0) is 16.0 Å². The van der Waals surface area contributed by atoms with Crippen LogP contribution >= 0.6 is 0 Å². The highest BCUT2D eigenvalue weighted by molar-refractivity contribution is 5.89. The van der Waals surface area contributed by atoms with Gasteiger partial charge in [-0.2, -0.15) is 0 Å². The van der Waals surface area contributed by atoms with Gasteiger partial charge in [0.05, 0.1) is 0 Å². The van der Waals surface area contributed by atoms with Crippen molar-refractivity contribution in [1.29, 1.82) is 0 Å². The molecule has 0 N–H and O–H groups in total. The number of aryl methyl sites for hydroxylation is 1. The highest BCUT2D eigenvalue weighted by Crippen LogP contribution is 2.36. The molecular formula is C17H24O2. The van der Waals surface area contributed by atoms with Crippen molar-refractivity contribution in [2.24, 2.45) is 5.92 Å². The molecule has 0 aromatic heterocycles. The van der Waals surface area contributed by atoms with Crippen molar-refractivity contribution < 1.29 is 9.53 Å². The third-order valence-corrected chi connectivity index (χ3v) is 4.47. The van der Waals surface area contributed by atoms with Crippen molar-refractivity contribution in [3.63, 3.8) is 0 Å². The van der Waals surface area contributed by atoms with Crippen molar-refractivity contribution in [2.45, 2.75) is 51.6 Å². The van der Waals surface area contributed by atoms with E-state index in [1.165, 1.54) is 12.0 Å². The Morgan fingerprint density at radius 3 is 2.79 bits per heavy atom. The number of hydrogen-bond donors (Lipinski definition) is 0. The molecule has 1 aromatic carbocycles. The number of carbonyl (C=O) groups excluding carboxylic acids is 1. The molecule has 1 aliphatic rings. The van der Waals surface area contributed by atoms with Crippen molar-refractivity contribution in [3.05, 3.63) is 35.4 Å². The molecule has 0 saturated heterocycles. The van der Waals surface area contributed by atoms with Crippen molar-refractivity contribution in [1.82, 2.24) is 0 Å². The topological polar surface area (TPSA) is 26.3 Å². The summed E-state index contributed by atoms with van der Waals surface area (Å²) in [4.78, 5) is 12.7. The summed E-state index contributed by atoms with van der Waals surface area (Å²) in [5, 5.41) is 0. The summed E-state index contributed by atoms with van der Waals surface area (Å²) in [6, 6.07) is 8.12. The van der Waals surface area contributed by atoms with Gasteiger partial charge in [0.15, 0.2) is 5.78 Å². The molecule has 1 aliphatic carbocycles. The number of carbonyl (C=O) groups is 1. The second-order valence-electron chi connectivity index (χ2n) is 5.93. The summed E-state index contributed by atoms with van der Waals surface area (Å²) in [5.41, 5.74) is 1.77. The first kappa shape index (κ1) is 14.3. The Kier molecular flexibility index (Phi) is 4.41. The molecule has 2 rings (SSSR count). The second-order valence-corrected chi connectivity index (χ2v) is 5.93. The summed E-state index contributed by atoms with van der Waals surface area (Å²) in [6.07, 6.45) is 4.54. The summed E-state index contributed by atoms with van der Waals surface area (Å²) in [6.45, 7) is 4.28. The van der Waals surface area contributed by atoms with E-state index in [-0.39, 0.29) is 5.78 Å². The van der Waals surface area contributed by atoms with Crippen LogP contribution in [0.2, 0.25) is 0 Å². The molecule has 0 radical (unpaired) electrons. The lowest BCUT2D eigenvalue weighted by atomic mass is 9.75. The smallest absolute Gasteiger partial charge is 0.168 e. The Labute approximate surface area is 116 Å². The molecular weight excluding hydrogens is 236 g/mol. The minimum Gasteiger partial charge on any atom is -0.370 e. The van der Waals surface area contributed by atoms with E-state index in [0.29, 0.717) is 12.3 Å². The van der Waals surface area contributed by atoms with E-state index in [4.69, 9.17) is 4.74 Å². The minimum atomic E-state index is -0.542. The molecule has 2 atom stereocenters. The van der Waals surface area contributed by atoms with Gasteiger partial charge in [-0.05, 0) is 43.2 Å². The zero-order chi connectivity index (χ0) is 13.9. The predicted molar refractivity (Wildman–Crippen MR) is 77.3 cm³/mol. The summed E-state index contributed by atoms with van der Waals surface area (Å²) in [5.74, 6) is 0.824. The fourth-order valence-corrected chi connectivity index (χ4v) is 3.20. The first-order chi connectivity index (χ1) is 9.07. The van der Waals surface area contributed by atoms with Crippen LogP contribution in [0.5, 0.6) is 0 Å². The Morgan fingerprint density at radius 1 is 1.42 bits per heavy atom. The highest BCUT2D eigenvalue weighted by Gasteiger charge is 2.41. The molecule has 2 unspecified atom stereocenters. The van der Waals surface area contributed by atoms with Gasteiger partial charge in [-0.15, -0.1) is 0 Å². The van der Waals surface area contributed by atoms with Crippen LogP contribution in [0.1, 0.15) is 43.7 Å². The molecule has 1 fully saturated rings. The van der Waals surface area contributed by atoms with E-state index in [2.05, 4.69) is 19.9 Å². The summed E-state index contributed by atoms with van der Waals surface area (Å²) in [7, 11) is 1.69. The molecule has 1 aromatic rings. The molecule has 1 saturated carbocycles. The van der Waals surface area contributed by atoms with Crippen molar-refractivity contribution in [3.8, 4) is 0 Å². The largest absolute Gasteiger partial charge is 0.370 e. The number of methoxy groups -OCH3 is 1. The Balaban J connectivity index is 2.15. The molecule has 0 heterocycles. The number of hydrogen-bond acceptors (Lipinski definition) is 2. The van der Waals surface area contributed by atoms with Crippen LogP contribution in [0.4, 0.5) is 0 Å². The van der Waals surface area contributed by atoms with Gasteiger partial charge in [-0.1, -0.05) is 37.6 Å². The van der Waals surface area contributed by atoms with Crippen LogP contribution < -0.4 is 0 Å². The third kappa shape index (κ3) is 3.06. The Morgan fingerprint density at radius 2 is 2.16 bits per heavy atom. The predicted octanol–water partition coefficient (Wildman–Crippen LogP) is 3.70. The average Bonchev–Trinajstić information content (AvgIpc) is 2.41. The molecule has 2 heteroatoms. The number of ether oxygens (including phenoxy) is 1. The lowest BCUT2D eigenvalue weighted by Crippen LogP contribution is -2.45. The Hall–Kier alpha value is -1.15. The summed E-state index contributed by atoms with van der Waals surface area (Å²) < 4.78 is 5.67. The average molecular weight is 260 g/mol. The first-order valence-electron chi connectivity index (χ1n) is 7.20. The normalized spacial score (nSPS) is 27.2. The molecule has 2 nitrogen and oxygen atoms in total. The number of rotatable bonds is 4. The number of Topliss-reactive ketones (excluding diaryl/α,β-unsaturated/α-hetero) is 1. The lowest BCUT2D eigenvalue weighted by molar-refractivity contribution is -0.146. The van der Waals surface area contributed by atoms with E-state index in [9.17, 15) is 4.79 Å². The van der Waals surface area contributed by atoms with Gasteiger partial charge in [0.1, 0.15) is 5.60 Å². The van der Waals surface area contributed by atoms with E-state index in [1.54, 1.807) is 7.11 Å². The molecule has 0 amide bonds. The monoisotopic (exact) mass is 260 g/mol. The Bertz CT molecular complexity index is 452. The zero-order valence-corrected chi connectivity index (χ0v) is 12.2. The lowest BCUT2D eigenvalue weighted by Gasteiger charge is -2.37. The van der Waals surface area contributed by atoms with Crippen LogP contribution in [-0.4, -0.2) is 18.5 Å². The SMILES string of the molecule is COC1(C(=O)Cc2ccccc2C)CCCC(C)C1. The standard InChI is InChI=1S/C17H24O2/c1-13-7-6-10-17(12-13,19-3)16(18)11-15-9-5-4-8-14(15)2/h4-5,8-9,13H,6-7,10-12H2,1-3H3. The fraction of sp³-hybridized carbons (Fsp3) is 0.588. The van der Waals surface area contributed by atoms with E-state index < -0.39 is 5.60 Å². The molecule has 0 aliphatic heterocycles. The van der Waals surface area contributed by atoms with Gasteiger partial charge < -0.3 is 4.74 Å². The van der Waals surface area contributed by atoms with Gasteiger partial charge in [0, 0.05) is 13.5 Å². The maximum atomic E-state index is 12.7. The van der Waals surface area contributed by atoms with E-state index in [1.807, 2.05) is 18.2 Å². The van der Waals surface area contributed by atoms with Gasteiger partial charge >= 0.3 is 0 Å². The van der Waals surface area contributed by atoms with E-state index in [0.717, 1.165) is 24.8 Å². The van der Waals surface area contributed by atoms with E-state index >= 15 is 0 Å². The molecule has 19 heavy (non-hydrogen) atoms. The third-order valence-electron chi connectivity index (χ3n) is 4.47. The van der Waals surface area contributed by atoms with Crippen LogP contribution in [0.25, 0.3) is 0 Å². The zero-order valence-electron chi connectivity index (χ0n) is 12.2. The minimum absolute atomic E-state index is 0.246. The molecule has 0 bridgehead atoms. The first-order valence-corrected chi connectivity index (χ1v) is 7.20. The quantitative estimate of drug-likeness (QED) is 0.825. The second kappa shape index (κ2) is 5.87. The van der Waals surface area contributed by atoms with Gasteiger partial charge in [-0.3, -0.25) is 4.79 Å².